The summed E-state index contributed by atoms with van der Waals surface area (Å²) in [6.07, 6.45) is -0.304. The monoisotopic (exact) mass is 381 g/mol. The van der Waals surface area contributed by atoms with Crippen molar-refractivity contribution in [2.75, 3.05) is 7.11 Å². The quantitative estimate of drug-likeness (QED) is 0.675. The number of carboxylic acid groups (broad SMARTS) is 1. The van der Waals surface area contributed by atoms with Gasteiger partial charge in [0, 0.05) is 12.4 Å². The average molecular weight is 381 g/mol. The van der Waals surface area contributed by atoms with E-state index < -0.39 is 17.9 Å². The predicted octanol–water partition coefficient (Wildman–Crippen LogP) is 1.89. The maximum Gasteiger partial charge on any atom is 0.305 e. The van der Waals surface area contributed by atoms with E-state index >= 15 is 0 Å². The van der Waals surface area contributed by atoms with E-state index in [1.54, 1.807) is 48.5 Å². The zero-order chi connectivity index (χ0) is 20.3. The fourth-order valence-electron chi connectivity index (χ4n) is 2.96. The number of rotatable bonds is 6. The van der Waals surface area contributed by atoms with E-state index in [2.05, 4.69) is 10.4 Å². The van der Waals surface area contributed by atoms with Crippen molar-refractivity contribution in [1.29, 1.82) is 0 Å². The third kappa shape index (κ3) is 3.85. The molecule has 0 aliphatic rings. The highest BCUT2D eigenvalue weighted by Gasteiger charge is 2.22. The van der Waals surface area contributed by atoms with Crippen molar-refractivity contribution in [2.24, 2.45) is 7.05 Å². The molecule has 8 nitrogen and oxygen atoms in total. The van der Waals surface area contributed by atoms with Gasteiger partial charge in [-0.25, -0.2) is 4.68 Å². The number of methoxy groups -OCH3 is 1. The van der Waals surface area contributed by atoms with Crippen LogP contribution in [0.25, 0.3) is 10.8 Å². The van der Waals surface area contributed by atoms with Crippen LogP contribution in [-0.4, -0.2) is 33.9 Å². The minimum absolute atomic E-state index is 0.0570. The van der Waals surface area contributed by atoms with E-state index in [1.165, 1.54) is 14.2 Å². The number of carbonyl (C=O) groups is 2. The Bertz CT molecular complexity index is 1090. The molecule has 1 amide bonds. The predicted molar refractivity (Wildman–Crippen MR) is 102 cm³/mol. The maximum atomic E-state index is 12.9. The van der Waals surface area contributed by atoms with Gasteiger partial charge in [0.25, 0.3) is 11.5 Å². The van der Waals surface area contributed by atoms with Crippen molar-refractivity contribution in [2.45, 2.75) is 12.5 Å². The van der Waals surface area contributed by atoms with E-state index in [4.69, 9.17) is 4.74 Å². The highest BCUT2D eigenvalue weighted by Crippen LogP contribution is 2.22. The molecule has 0 saturated carbocycles. The molecule has 0 bridgehead atoms. The Morgan fingerprint density at radius 3 is 2.39 bits per heavy atom. The third-order valence-electron chi connectivity index (χ3n) is 4.37. The summed E-state index contributed by atoms with van der Waals surface area (Å²) >= 11 is 0. The molecule has 1 heterocycles. The van der Waals surface area contributed by atoms with Crippen molar-refractivity contribution in [1.82, 2.24) is 15.1 Å². The SMILES string of the molecule is COc1ccc([C@H](CC(=O)O)NC(=O)c2nn(C)c(=O)c3ccccc23)cc1. The number of fused-ring (bicyclic) bond motifs is 1. The van der Waals surface area contributed by atoms with Gasteiger partial charge in [0.2, 0.25) is 0 Å². The van der Waals surface area contributed by atoms with Crippen molar-refractivity contribution < 1.29 is 19.4 Å². The normalized spacial score (nSPS) is 11.8. The summed E-state index contributed by atoms with van der Waals surface area (Å²) in [5, 5.41) is 16.8. The Morgan fingerprint density at radius 2 is 1.79 bits per heavy atom. The minimum Gasteiger partial charge on any atom is -0.497 e. The molecule has 2 N–H and O–H groups in total. The topological polar surface area (TPSA) is 111 Å². The van der Waals surface area contributed by atoms with Crippen molar-refractivity contribution >= 4 is 22.6 Å². The first-order valence-electron chi connectivity index (χ1n) is 8.53. The molecule has 28 heavy (non-hydrogen) atoms. The highest BCUT2D eigenvalue weighted by atomic mass is 16.5. The summed E-state index contributed by atoms with van der Waals surface area (Å²) in [6.45, 7) is 0. The number of hydrogen-bond donors (Lipinski definition) is 2. The minimum atomic E-state index is -1.06. The Kier molecular flexibility index (Phi) is 5.39. The fourth-order valence-corrected chi connectivity index (χ4v) is 2.96. The molecule has 1 aromatic heterocycles. The van der Waals surface area contributed by atoms with Gasteiger partial charge in [-0.3, -0.25) is 14.4 Å². The van der Waals surface area contributed by atoms with Crippen LogP contribution < -0.4 is 15.6 Å². The standard InChI is InChI=1S/C20H19N3O5/c1-23-20(27)15-6-4-3-5-14(15)18(22-23)19(26)21-16(11-17(24)25)12-7-9-13(28-2)10-8-12/h3-10,16H,11H2,1-2H3,(H,21,26)(H,24,25)/t16-/m0/s1. The van der Waals surface area contributed by atoms with E-state index in [1.807, 2.05) is 0 Å². The van der Waals surface area contributed by atoms with Gasteiger partial charge in [0.05, 0.1) is 25.0 Å². The summed E-state index contributed by atoms with van der Waals surface area (Å²) < 4.78 is 6.20. The molecule has 0 fully saturated rings. The number of aliphatic carboxylic acids is 1. The lowest BCUT2D eigenvalue weighted by Gasteiger charge is -2.18. The molecule has 0 aliphatic carbocycles. The molecule has 8 heteroatoms. The molecule has 3 aromatic rings. The number of carboxylic acids is 1. The number of aromatic nitrogens is 2. The molecule has 0 radical (unpaired) electrons. The van der Waals surface area contributed by atoms with Gasteiger partial charge < -0.3 is 15.2 Å². The number of nitrogens with zero attached hydrogens (tertiary/aromatic N) is 2. The van der Waals surface area contributed by atoms with E-state index in [-0.39, 0.29) is 17.7 Å². The number of hydrogen-bond acceptors (Lipinski definition) is 5. The Labute approximate surface area is 160 Å². The summed E-state index contributed by atoms with van der Waals surface area (Å²) in [5.41, 5.74) is 0.358. The number of amides is 1. The van der Waals surface area contributed by atoms with Crippen LogP contribution in [0.3, 0.4) is 0 Å². The van der Waals surface area contributed by atoms with Crippen LogP contribution in [-0.2, 0) is 11.8 Å². The van der Waals surface area contributed by atoms with E-state index in [0.717, 1.165) is 4.68 Å². The van der Waals surface area contributed by atoms with Crippen LogP contribution in [0.15, 0.2) is 53.3 Å². The number of aryl methyl sites for hydroxylation is 1. The van der Waals surface area contributed by atoms with E-state index in [9.17, 15) is 19.5 Å². The number of nitrogens with one attached hydrogen (secondary N) is 1. The average Bonchev–Trinajstić information content (AvgIpc) is 2.70. The maximum absolute atomic E-state index is 12.9. The molecule has 2 aromatic carbocycles. The second-order valence-corrected chi connectivity index (χ2v) is 6.22. The first-order chi connectivity index (χ1) is 13.4. The lowest BCUT2D eigenvalue weighted by Crippen LogP contribution is -2.33. The molecule has 0 unspecified atom stereocenters. The first-order valence-corrected chi connectivity index (χ1v) is 8.53. The fraction of sp³-hybridized carbons (Fsp3) is 0.200. The van der Waals surface area contributed by atoms with Crippen LogP contribution in [0.1, 0.15) is 28.5 Å². The van der Waals surface area contributed by atoms with Gasteiger partial charge >= 0.3 is 5.97 Å². The second-order valence-electron chi connectivity index (χ2n) is 6.22. The Balaban J connectivity index is 1.98. The van der Waals surface area contributed by atoms with Gasteiger partial charge in [-0.05, 0) is 23.8 Å². The zero-order valence-electron chi connectivity index (χ0n) is 15.4. The number of benzene rings is 2. The molecular weight excluding hydrogens is 362 g/mol. The van der Waals surface area contributed by atoms with Crippen LogP contribution in [0.2, 0.25) is 0 Å². The smallest absolute Gasteiger partial charge is 0.305 e. The molecule has 0 saturated heterocycles. The summed E-state index contributed by atoms with van der Waals surface area (Å²) in [6, 6.07) is 12.7. The Morgan fingerprint density at radius 1 is 1.14 bits per heavy atom. The van der Waals surface area contributed by atoms with Gasteiger partial charge in [-0.2, -0.15) is 5.10 Å². The molecule has 1 atom stereocenters. The van der Waals surface area contributed by atoms with Crippen molar-refractivity contribution in [3.63, 3.8) is 0 Å². The number of ether oxygens (including phenoxy) is 1. The lowest BCUT2D eigenvalue weighted by molar-refractivity contribution is -0.137. The van der Waals surface area contributed by atoms with Gasteiger partial charge in [-0.1, -0.05) is 30.3 Å². The van der Waals surface area contributed by atoms with Gasteiger partial charge in [-0.15, -0.1) is 0 Å². The van der Waals surface area contributed by atoms with Crippen LogP contribution in [0, 0.1) is 0 Å². The lowest BCUT2D eigenvalue weighted by atomic mass is 10.0. The largest absolute Gasteiger partial charge is 0.497 e. The number of carbonyl (C=O) groups excluding carboxylic acids is 1. The van der Waals surface area contributed by atoms with Crippen molar-refractivity contribution in [3.8, 4) is 5.75 Å². The molecule has 0 aliphatic heterocycles. The first kappa shape index (κ1) is 19.1. The van der Waals surface area contributed by atoms with Crippen LogP contribution in [0.5, 0.6) is 5.75 Å². The molecule has 3 rings (SSSR count). The van der Waals surface area contributed by atoms with Crippen LogP contribution >= 0.6 is 0 Å². The van der Waals surface area contributed by atoms with Gasteiger partial charge in [0.1, 0.15) is 5.75 Å². The highest BCUT2D eigenvalue weighted by molar-refractivity contribution is 6.05. The second kappa shape index (κ2) is 7.91. The molecular formula is C20H19N3O5. The molecule has 144 valence electrons. The zero-order valence-corrected chi connectivity index (χ0v) is 15.4. The van der Waals surface area contributed by atoms with Crippen molar-refractivity contribution in [3.05, 3.63) is 70.1 Å². The third-order valence-corrected chi connectivity index (χ3v) is 4.37. The van der Waals surface area contributed by atoms with E-state index in [0.29, 0.717) is 22.1 Å². The Hall–Kier alpha value is -3.68. The summed E-state index contributed by atoms with van der Waals surface area (Å²) in [4.78, 5) is 36.4. The summed E-state index contributed by atoms with van der Waals surface area (Å²) in [7, 11) is 2.99. The molecule has 0 spiro atoms. The summed E-state index contributed by atoms with van der Waals surface area (Å²) in [5.74, 6) is -0.997. The van der Waals surface area contributed by atoms with Gasteiger partial charge in [0.15, 0.2) is 5.69 Å². The van der Waals surface area contributed by atoms with Crippen LogP contribution in [0.4, 0.5) is 0 Å².